The Morgan fingerprint density at radius 1 is 1.03 bits per heavy atom. The van der Waals surface area contributed by atoms with Gasteiger partial charge in [0.15, 0.2) is 5.82 Å². The number of amides is 1. The first-order valence-corrected chi connectivity index (χ1v) is 13.0. The maximum absolute atomic E-state index is 13.8. The van der Waals surface area contributed by atoms with Gasteiger partial charge in [0, 0.05) is 30.3 Å². The van der Waals surface area contributed by atoms with Gasteiger partial charge in [-0.25, -0.2) is 9.97 Å². The molecular weight excluding hydrogens is 450 g/mol. The molecule has 0 radical (unpaired) electrons. The van der Waals surface area contributed by atoms with Crippen LogP contribution in [0.1, 0.15) is 84.6 Å². The monoisotopic (exact) mass is 479 g/mol. The molecule has 0 bridgehead atoms. The molecule has 3 aliphatic rings. The Bertz CT molecular complexity index is 1470. The number of benzene rings is 1. The van der Waals surface area contributed by atoms with Crippen molar-refractivity contribution in [1.29, 1.82) is 0 Å². The van der Waals surface area contributed by atoms with Gasteiger partial charge in [-0.1, -0.05) is 12.1 Å². The van der Waals surface area contributed by atoms with Crippen molar-refractivity contribution < 1.29 is 4.79 Å². The lowest BCUT2D eigenvalue weighted by Gasteiger charge is -2.29. The van der Waals surface area contributed by atoms with E-state index in [4.69, 9.17) is 4.98 Å². The van der Waals surface area contributed by atoms with E-state index < -0.39 is 0 Å². The fourth-order valence-corrected chi connectivity index (χ4v) is 5.26. The number of carbonyl (C=O) groups excluding carboxylic acids is 1. The SMILES string of the molecule is CC(C)n1cnnc1-c1cccc(N2CCc3cc(C4CC4)c(-n4cnc(C5CC5)c4)cc3C2=O)n1. The van der Waals surface area contributed by atoms with Crippen LogP contribution in [0.3, 0.4) is 0 Å². The van der Waals surface area contributed by atoms with E-state index in [2.05, 4.69) is 51.9 Å². The highest BCUT2D eigenvalue weighted by atomic mass is 16.2. The lowest BCUT2D eigenvalue weighted by atomic mass is 9.93. The number of rotatable bonds is 6. The van der Waals surface area contributed by atoms with Crippen molar-refractivity contribution in [2.24, 2.45) is 0 Å². The Hall–Kier alpha value is -3.81. The average molecular weight is 480 g/mol. The van der Waals surface area contributed by atoms with Gasteiger partial charge in [-0.2, -0.15) is 0 Å². The van der Waals surface area contributed by atoms with Crippen molar-refractivity contribution in [3.8, 4) is 17.2 Å². The number of carbonyl (C=O) groups is 1. The summed E-state index contributed by atoms with van der Waals surface area (Å²) in [6, 6.07) is 10.3. The summed E-state index contributed by atoms with van der Waals surface area (Å²) >= 11 is 0. The third kappa shape index (κ3) is 3.63. The Labute approximate surface area is 210 Å². The molecule has 36 heavy (non-hydrogen) atoms. The molecular formula is C28H29N7O. The van der Waals surface area contributed by atoms with Crippen molar-refractivity contribution in [3.05, 3.63) is 71.6 Å². The van der Waals surface area contributed by atoms with Crippen LogP contribution in [0.4, 0.5) is 5.82 Å². The molecule has 4 heterocycles. The van der Waals surface area contributed by atoms with Crippen LogP contribution in [-0.2, 0) is 6.42 Å². The summed E-state index contributed by atoms with van der Waals surface area (Å²) in [4.78, 5) is 25.1. The zero-order chi connectivity index (χ0) is 24.4. The molecule has 7 rings (SSSR count). The van der Waals surface area contributed by atoms with Crippen LogP contribution in [0.5, 0.6) is 0 Å². The zero-order valence-corrected chi connectivity index (χ0v) is 20.6. The van der Waals surface area contributed by atoms with Gasteiger partial charge in [-0.15, -0.1) is 10.2 Å². The number of nitrogens with zero attached hydrogens (tertiary/aromatic N) is 7. The molecule has 4 aromatic rings. The molecule has 0 saturated heterocycles. The van der Waals surface area contributed by atoms with E-state index >= 15 is 0 Å². The second kappa shape index (κ2) is 8.11. The molecule has 8 nitrogen and oxygen atoms in total. The smallest absolute Gasteiger partial charge is 0.259 e. The summed E-state index contributed by atoms with van der Waals surface area (Å²) in [6.45, 7) is 4.78. The minimum Gasteiger partial charge on any atom is -0.310 e. The van der Waals surface area contributed by atoms with Crippen molar-refractivity contribution in [2.45, 2.75) is 63.8 Å². The van der Waals surface area contributed by atoms with Crippen molar-refractivity contribution in [2.75, 3.05) is 11.4 Å². The van der Waals surface area contributed by atoms with Crippen molar-refractivity contribution >= 4 is 11.7 Å². The number of imidazole rings is 1. The Kier molecular flexibility index (Phi) is 4.84. The highest BCUT2D eigenvalue weighted by Crippen LogP contribution is 2.45. The van der Waals surface area contributed by atoms with E-state index in [9.17, 15) is 4.79 Å². The molecule has 0 unspecified atom stereocenters. The third-order valence-corrected chi connectivity index (χ3v) is 7.60. The first-order valence-electron chi connectivity index (χ1n) is 13.0. The van der Waals surface area contributed by atoms with Gasteiger partial charge in [-0.05, 0) is 81.2 Å². The number of aromatic nitrogens is 6. The summed E-state index contributed by atoms with van der Waals surface area (Å²) in [6.07, 6.45) is 11.5. The third-order valence-electron chi connectivity index (χ3n) is 7.60. The van der Waals surface area contributed by atoms with Crippen molar-refractivity contribution in [1.82, 2.24) is 29.3 Å². The van der Waals surface area contributed by atoms with E-state index in [1.807, 2.05) is 29.1 Å². The molecule has 3 aromatic heterocycles. The second-order valence-electron chi connectivity index (χ2n) is 10.6. The summed E-state index contributed by atoms with van der Waals surface area (Å²) in [5.41, 5.74) is 6.23. The lowest BCUT2D eigenvalue weighted by molar-refractivity contribution is 0.0980. The molecule has 1 aromatic carbocycles. The van der Waals surface area contributed by atoms with Crippen LogP contribution in [0.15, 0.2) is 49.2 Å². The van der Waals surface area contributed by atoms with Crippen LogP contribution in [0.2, 0.25) is 0 Å². The maximum atomic E-state index is 13.8. The van der Waals surface area contributed by atoms with Crippen LogP contribution in [-0.4, -0.2) is 41.8 Å². The van der Waals surface area contributed by atoms with E-state index in [1.165, 1.54) is 31.2 Å². The molecule has 2 saturated carbocycles. The quantitative estimate of drug-likeness (QED) is 0.386. The van der Waals surface area contributed by atoms with Crippen LogP contribution >= 0.6 is 0 Å². The molecule has 2 fully saturated rings. The normalized spacial score (nSPS) is 17.6. The van der Waals surface area contributed by atoms with E-state index in [0.29, 0.717) is 35.7 Å². The van der Waals surface area contributed by atoms with Gasteiger partial charge in [0.25, 0.3) is 5.91 Å². The predicted octanol–water partition coefficient (Wildman–Crippen LogP) is 5.06. The fraction of sp³-hybridized carbons (Fsp3) is 0.393. The van der Waals surface area contributed by atoms with E-state index in [-0.39, 0.29) is 11.9 Å². The van der Waals surface area contributed by atoms with Gasteiger partial charge in [0.2, 0.25) is 0 Å². The summed E-state index contributed by atoms with van der Waals surface area (Å²) in [5.74, 6) is 2.54. The van der Waals surface area contributed by atoms with Crippen LogP contribution < -0.4 is 4.90 Å². The highest BCUT2D eigenvalue weighted by Gasteiger charge is 2.33. The first kappa shape index (κ1) is 21.5. The Balaban J connectivity index is 1.25. The topological polar surface area (TPSA) is 81.7 Å². The maximum Gasteiger partial charge on any atom is 0.259 e. The zero-order valence-electron chi connectivity index (χ0n) is 20.6. The molecule has 1 amide bonds. The number of hydrogen-bond acceptors (Lipinski definition) is 5. The summed E-state index contributed by atoms with van der Waals surface area (Å²) in [5, 5.41) is 8.36. The molecule has 1 aliphatic heterocycles. The first-order chi connectivity index (χ1) is 17.6. The predicted molar refractivity (Wildman–Crippen MR) is 137 cm³/mol. The average Bonchev–Trinajstić information content (AvgIpc) is 3.82. The molecule has 0 atom stereocenters. The second-order valence-corrected chi connectivity index (χ2v) is 10.6. The van der Waals surface area contributed by atoms with Gasteiger partial charge >= 0.3 is 0 Å². The van der Waals surface area contributed by atoms with Gasteiger partial charge in [-0.3, -0.25) is 9.69 Å². The Morgan fingerprint density at radius 3 is 2.64 bits per heavy atom. The van der Waals surface area contributed by atoms with Gasteiger partial charge in [0.05, 0.1) is 17.7 Å². The molecule has 182 valence electrons. The minimum atomic E-state index is -0.00245. The fourth-order valence-electron chi connectivity index (χ4n) is 5.26. The molecule has 0 N–H and O–H groups in total. The van der Waals surface area contributed by atoms with Gasteiger partial charge in [0.1, 0.15) is 17.8 Å². The number of anilines is 1. The standard InChI is InChI=1S/C28H29N7O/c1-17(2)35-16-30-32-27(35)23-4-3-5-26(31-23)34-11-10-20-12-21(18-6-7-18)25(13-22(20)28(34)36)33-14-24(29-15-33)19-8-9-19/h3-5,12-19H,6-11H2,1-2H3. The van der Waals surface area contributed by atoms with Crippen molar-refractivity contribution in [3.63, 3.8) is 0 Å². The molecule has 0 spiro atoms. The summed E-state index contributed by atoms with van der Waals surface area (Å²) in [7, 11) is 0. The number of fused-ring (bicyclic) bond motifs is 1. The Morgan fingerprint density at radius 2 is 1.86 bits per heavy atom. The number of pyridine rings is 1. The summed E-state index contributed by atoms with van der Waals surface area (Å²) < 4.78 is 4.12. The molecule has 2 aliphatic carbocycles. The van der Waals surface area contributed by atoms with Crippen LogP contribution in [0.25, 0.3) is 17.2 Å². The van der Waals surface area contributed by atoms with Gasteiger partial charge < -0.3 is 9.13 Å². The minimum absolute atomic E-state index is 0.00245. The number of hydrogen-bond donors (Lipinski definition) is 0. The highest BCUT2D eigenvalue weighted by molar-refractivity contribution is 6.08. The van der Waals surface area contributed by atoms with E-state index in [0.717, 1.165) is 28.9 Å². The lowest BCUT2D eigenvalue weighted by Crippen LogP contribution is -2.38. The van der Waals surface area contributed by atoms with E-state index in [1.54, 1.807) is 11.2 Å². The molecule has 8 heteroatoms. The largest absolute Gasteiger partial charge is 0.310 e. The van der Waals surface area contributed by atoms with Crippen LogP contribution in [0, 0.1) is 0 Å².